The number of nitrogens with one attached hydrogen (secondary N) is 1. The molecule has 4 rings (SSSR count). The highest BCUT2D eigenvalue weighted by molar-refractivity contribution is 7.15. The summed E-state index contributed by atoms with van der Waals surface area (Å²) in [6, 6.07) is 11.4. The quantitative estimate of drug-likeness (QED) is 0.668. The Bertz CT molecular complexity index is 991. The molecule has 1 unspecified atom stereocenters. The molecule has 1 N–H and O–H groups in total. The highest BCUT2D eigenvalue weighted by Gasteiger charge is 2.58. The fourth-order valence-corrected chi connectivity index (χ4v) is 5.37. The number of hydrogen-bond acceptors (Lipinski definition) is 5. The van der Waals surface area contributed by atoms with E-state index in [1.54, 1.807) is 19.2 Å². The van der Waals surface area contributed by atoms with Gasteiger partial charge in [0.15, 0.2) is 5.78 Å². The number of amides is 2. The minimum absolute atomic E-state index is 0.00714. The average molecular weight is 441 g/mol. The first-order valence-corrected chi connectivity index (χ1v) is 11.5. The first-order valence-electron chi connectivity index (χ1n) is 10.7. The molecule has 6 nitrogen and oxygen atoms in total. The van der Waals surface area contributed by atoms with Crippen LogP contribution in [0.3, 0.4) is 0 Å². The van der Waals surface area contributed by atoms with Crippen molar-refractivity contribution >= 4 is 28.9 Å². The van der Waals surface area contributed by atoms with Crippen LogP contribution in [0.1, 0.15) is 51.1 Å². The molecule has 1 aliphatic heterocycles. The van der Waals surface area contributed by atoms with Gasteiger partial charge in [0, 0.05) is 25.6 Å². The molecule has 7 heteroatoms. The van der Waals surface area contributed by atoms with Gasteiger partial charge in [0.05, 0.1) is 16.9 Å². The molecule has 164 valence electrons. The van der Waals surface area contributed by atoms with Gasteiger partial charge in [0.1, 0.15) is 5.75 Å². The molecule has 1 saturated heterocycles. The van der Waals surface area contributed by atoms with E-state index in [1.165, 1.54) is 18.3 Å². The lowest BCUT2D eigenvalue weighted by Gasteiger charge is -2.32. The first-order chi connectivity index (χ1) is 14.9. The predicted molar refractivity (Wildman–Crippen MR) is 120 cm³/mol. The number of thiophene rings is 1. The number of ketones is 1. The number of nitrogens with zero attached hydrogens (tertiary/aromatic N) is 1. The van der Waals surface area contributed by atoms with Gasteiger partial charge in [-0.2, -0.15) is 0 Å². The number of benzene rings is 1. The van der Waals surface area contributed by atoms with Crippen molar-refractivity contribution in [1.29, 1.82) is 0 Å². The van der Waals surface area contributed by atoms with E-state index in [0.29, 0.717) is 29.4 Å². The fraction of sp³-hybridized carbons (Fsp3) is 0.458. The Morgan fingerprint density at radius 1 is 1.16 bits per heavy atom. The van der Waals surface area contributed by atoms with Crippen LogP contribution < -0.4 is 10.1 Å². The summed E-state index contributed by atoms with van der Waals surface area (Å²) >= 11 is 1.26. The summed E-state index contributed by atoms with van der Waals surface area (Å²) in [6.45, 7) is 3.46. The van der Waals surface area contributed by atoms with Gasteiger partial charge >= 0.3 is 0 Å². The molecular formula is C24H28N2O4S. The van der Waals surface area contributed by atoms with Crippen molar-refractivity contribution < 1.29 is 19.1 Å². The molecule has 2 heterocycles. The number of ether oxygens (including phenoxy) is 1. The van der Waals surface area contributed by atoms with Crippen LogP contribution in [0.15, 0.2) is 36.4 Å². The lowest BCUT2D eigenvalue weighted by molar-refractivity contribution is -0.123. The summed E-state index contributed by atoms with van der Waals surface area (Å²) in [4.78, 5) is 40.0. The molecule has 0 bridgehead atoms. The third kappa shape index (κ3) is 4.66. The van der Waals surface area contributed by atoms with Gasteiger partial charge in [0.25, 0.3) is 5.91 Å². The normalized spacial score (nSPS) is 19.2. The molecule has 2 aliphatic rings. The van der Waals surface area contributed by atoms with E-state index in [2.05, 4.69) is 5.32 Å². The predicted octanol–water partition coefficient (Wildman–Crippen LogP) is 3.56. The van der Waals surface area contributed by atoms with E-state index in [9.17, 15) is 14.4 Å². The summed E-state index contributed by atoms with van der Waals surface area (Å²) in [6.07, 6.45) is 3.40. The third-order valence-corrected chi connectivity index (χ3v) is 7.74. The van der Waals surface area contributed by atoms with Gasteiger partial charge in [0.2, 0.25) is 5.91 Å². The van der Waals surface area contributed by atoms with Crippen LogP contribution in [0.2, 0.25) is 0 Å². The highest BCUT2D eigenvalue weighted by atomic mass is 32.1. The Balaban J connectivity index is 1.24. The van der Waals surface area contributed by atoms with Crippen LogP contribution >= 0.6 is 11.3 Å². The average Bonchev–Trinajstić information content (AvgIpc) is 3.23. The van der Waals surface area contributed by atoms with Crippen LogP contribution in [0.4, 0.5) is 0 Å². The zero-order chi connectivity index (χ0) is 22.0. The monoisotopic (exact) mass is 440 g/mol. The number of carbonyl (C=O) groups is 3. The number of piperidine rings is 1. The topological polar surface area (TPSA) is 75.7 Å². The van der Waals surface area contributed by atoms with E-state index >= 15 is 0 Å². The maximum atomic E-state index is 12.7. The zero-order valence-corrected chi connectivity index (χ0v) is 18.8. The molecular weight excluding hydrogens is 412 g/mol. The minimum Gasteiger partial charge on any atom is -0.497 e. The molecule has 0 radical (unpaired) electrons. The molecule has 2 amide bonds. The van der Waals surface area contributed by atoms with Crippen LogP contribution in [0, 0.1) is 11.3 Å². The Morgan fingerprint density at radius 3 is 2.58 bits per heavy atom. The summed E-state index contributed by atoms with van der Waals surface area (Å²) in [5.74, 6) is 0.992. The van der Waals surface area contributed by atoms with Gasteiger partial charge in [-0.05, 0) is 67.9 Å². The van der Waals surface area contributed by atoms with Crippen molar-refractivity contribution in [1.82, 2.24) is 10.2 Å². The van der Waals surface area contributed by atoms with E-state index in [-0.39, 0.29) is 28.9 Å². The van der Waals surface area contributed by atoms with E-state index < -0.39 is 0 Å². The summed E-state index contributed by atoms with van der Waals surface area (Å²) in [7, 11) is 1.65. The second-order valence-corrected chi connectivity index (χ2v) is 9.61. The van der Waals surface area contributed by atoms with Crippen molar-refractivity contribution in [2.24, 2.45) is 11.3 Å². The smallest absolute Gasteiger partial charge is 0.263 e. The molecule has 1 spiro atoms. The first kappa shape index (κ1) is 21.6. The van der Waals surface area contributed by atoms with E-state index in [0.717, 1.165) is 37.0 Å². The minimum atomic E-state index is -0.0140. The number of carbonyl (C=O) groups excluding carboxylic acids is 3. The lowest BCUT2D eigenvalue weighted by atomic mass is 9.90. The number of rotatable bonds is 7. The maximum Gasteiger partial charge on any atom is 0.263 e. The van der Waals surface area contributed by atoms with Crippen molar-refractivity contribution in [2.45, 2.75) is 32.6 Å². The van der Waals surface area contributed by atoms with Crippen molar-refractivity contribution in [2.75, 3.05) is 26.7 Å². The number of methoxy groups -OCH3 is 1. The van der Waals surface area contributed by atoms with Crippen LogP contribution in [-0.2, 0) is 11.2 Å². The standard InChI is InChI=1S/C24H28N2O4S/c1-16(27)20-6-7-21(31-20)23(29)26-12-9-24(10-13-26)15-19(24)22(28)25-11-8-17-4-3-5-18(14-17)30-2/h3-7,14,19H,8-13,15H2,1-2H3,(H,25,28). The fourth-order valence-electron chi connectivity index (χ4n) is 4.51. The van der Waals surface area contributed by atoms with Crippen LogP contribution in [-0.4, -0.2) is 49.2 Å². The molecule has 1 saturated carbocycles. The number of Topliss-reactive ketones (excluding diaryl/α,β-unsaturated/α-hetero) is 1. The SMILES string of the molecule is COc1cccc(CCNC(=O)C2CC23CCN(C(=O)c2ccc(C(C)=O)s2)CC3)c1. The van der Waals surface area contributed by atoms with Gasteiger partial charge in [-0.25, -0.2) is 0 Å². The summed E-state index contributed by atoms with van der Waals surface area (Å²) < 4.78 is 5.24. The molecule has 1 atom stereocenters. The Labute approximate surface area is 186 Å². The molecule has 1 aliphatic carbocycles. The Morgan fingerprint density at radius 2 is 1.90 bits per heavy atom. The highest BCUT2D eigenvalue weighted by Crippen LogP contribution is 2.59. The third-order valence-electron chi connectivity index (χ3n) is 6.56. The molecule has 1 aromatic heterocycles. The van der Waals surface area contributed by atoms with Gasteiger partial charge < -0.3 is 15.0 Å². The van der Waals surface area contributed by atoms with E-state index in [4.69, 9.17) is 4.74 Å². The number of hydrogen-bond donors (Lipinski definition) is 1. The maximum absolute atomic E-state index is 12.7. The van der Waals surface area contributed by atoms with Gasteiger partial charge in [-0.15, -0.1) is 11.3 Å². The molecule has 1 aromatic carbocycles. The Kier molecular flexibility index (Phi) is 6.14. The Hall–Kier alpha value is -2.67. The molecule has 2 fully saturated rings. The summed E-state index contributed by atoms with van der Waals surface area (Å²) in [5.41, 5.74) is 1.19. The van der Waals surface area contributed by atoms with Crippen LogP contribution in [0.25, 0.3) is 0 Å². The van der Waals surface area contributed by atoms with Crippen molar-refractivity contribution in [3.8, 4) is 5.75 Å². The van der Waals surface area contributed by atoms with Gasteiger partial charge in [-0.1, -0.05) is 12.1 Å². The number of likely N-dealkylation sites (tertiary alicyclic amines) is 1. The largest absolute Gasteiger partial charge is 0.497 e. The molecule has 2 aromatic rings. The molecule has 31 heavy (non-hydrogen) atoms. The van der Waals surface area contributed by atoms with Crippen LogP contribution in [0.5, 0.6) is 5.75 Å². The second kappa shape index (κ2) is 8.83. The van der Waals surface area contributed by atoms with E-state index in [1.807, 2.05) is 29.2 Å². The zero-order valence-electron chi connectivity index (χ0n) is 18.0. The lowest BCUT2D eigenvalue weighted by Crippen LogP contribution is -2.40. The van der Waals surface area contributed by atoms with Gasteiger partial charge in [-0.3, -0.25) is 14.4 Å². The summed E-state index contributed by atoms with van der Waals surface area (Å²) in [5, 5.41) is 3.08. The van der Waals surface area contributed by atoms with Crippen molar-refractivity contribution in [3.05, 3.63) is 51.7 Å². The van der Waals surface area contributed by atoms with Crippen molar-refractivity contribution in [3.63, 3.8) is 0 Å². The second-order valence-electron chi connectivity index (χ2n) is 8.52.